The molecule has 0 spiro atoms. The molecule has 1 aliphatic rings. The Kier molecular flexibility index (Phi) is 3.64. The Labute approximate surface area is 106 Å². The zero-order chi connectivity index (χ0) is 12.3. The van der Waals surface area contributed by atoms with Gasteiger partial charge in [-0.1, -0.05) is 42.0 Å². The molecule has 1 amide bonds. The number of anilines is 1. The average molecular weight is 248 g/mol. The highest BCUT2D eigenvalue weighted by Crippen LogP contribution is 2.25. The normalized spacial score (nSPS) is 14.4. The number of hydrogen-bond donors (Lipinski definition) is 0. The predicted octanol–water partition coefficient (Wildman–Crippen LogP) is 3.58. The molecule has 1 aliphatic carbocycles. The number of benzene rings is 1. The molecular formula is C14H14ClNO. The van der Waals surface area contributed by atoms with Crippen molar-refractivity contribution in [3.05, 3.63) is 53.1 Å². The first-order valence-corrected chi connectivity index (χ1v) is 5.97. The SMILES string of the molecule is CN(C(=O)C1=CCCC=C1)c1ccccc1Cl. The molecule has 3 heteroatoms. The van der Waals surface area contributed by atoms with Gasteiger partial charge < -0.3 is 4.90 Å². The van der Waals surface area contributed by atoms with Gasteiger partial charge in [-0.15, -0.1) is 0 Å². The fourth-order valence-corrected chi connectivity index (χ4v) is 2.06. The highest BCUT2D eigenvalue weighted by molar-refractivity contribution is 6.34. The van der Waals surface area contributed by atoms with Crippen LogP contribution in [0.3, 0.4) is 0 Å². The van der Waals surface area contributed by atoms with Crippen molar-refractivity contribution in [3.8, 4) is 0 Å². The quantitative estimate of drug-likeness (QED) is 0.782. The number of halogens is 1. The number of nitrogens with zero attached hydrogens (tertiary/aromatic N) is 1. The minimum atomic E-state index is -0.0194. The van der Waals surface area contributed by atoms with E-state index < -0.39 is 0 Å². The van der Waals surface area contributed by atoms with Crippen molar-refractivity contribution in [1.29, 1.82) is 0 Å². The molecule has 0 radical (unpaired) electrons. The van der Waals surface area contributed by atoms with E-state index in [1.807, 2.05) is 36.4 Å². The Hall–Kier alpha value is -1.54. The molecule has 1 aromatic carbocycles. The van der Waals surface area contributed by atoms with E-state index in [0.717, 1.165) is 24.1 Å². The van der Waals surface area contributed by atoms with Crippen molar-refractivity contribution in [2.75, 3.05) is 11.9 Å². The van der Waals surface area contributed by atoms with Crippen LogP contribution in [0, 0.1) is 0 Å². The van der Waals surface area contributed by atoms with Crippen LogP contribution in [0.5, 0.6) is 0 Å². The van der Waals surface area contributed by atoms with E-state index in [0.29, 0.717) is 5.02 Å². The molecule has 17 heavy (non-hydrogen) atoms. The zero-order valence-electron chi connectivity index (χ0n) is 9.69. The summed E-state index contributed by atoms with van der Waals surface area (Å²) >= 11 is 6.07. The van der Waals surface area contributed by atoms with E-state index in [1.165, 1.54) is 0 Å². The number of likely N-dealkylation sites (N-methyl/N-ethyl adjacent to an activating group) is 1. The molecule has 2 nitrogen and oxygen atoms in total. The maximum Gasteiger partial charge on any atom is 0.257 e. The van der Waals surface area contributed by atoms with Crippen LogP contribution < -0.4 is 4.90 Å². The third-order valence-corrected chi connectivity index (χ3v) is 3.08. The van der Waals surface area contributed by atoms with Crippen LogP contribution >= 0.6 is 11.6 Å². The van der Waals surface area contributed by atoms with Gasteiger partial charge in [0.2, 0.25) is 0 Å². The number of carbonyl (C=O) groups is 1. The van der Waals surface area contributed by atoms with Gasteiger partial charge in [-0.25, -0.2) is 0 Å². The van der Waals surface area contributed by atoms with Crippen LogP contribution in [0.25, 0.3) is 0 Å². The van der Waals surface area contributed by atoms with E-state index in [9.17, 15) is 4.79 Å². The molecule has 0 aliphatic heterocycles. The first-order chi connectivity index (χ1) is 8.20. The minimum absolute atomic E-state index is 0.0194. The summed E-state index contributed by atoms with van der Waals surface area (Å²) in [6.07, 6.45) is 7.79. The lowest BCUT2D eigenvalue weighted by Crippen LogP contribution is -2.27. The number of para-hydroxylation sites is 1. The largest absolute Gasteiger partial charge is 0.310 e. The van der Waals surface area contributed by atoms with Gasteiger partial charge in [-0.05, 0) is 25.0 Å². The second-order valence-electron chi connectivity index (χ2n) is 3.95. The minimum Gasteiger partial charge on any atom is -0.310 e. The Morgan fingerprint density at radius 2 is 2.06 bits per heavy atom. The first-order valence-electron chi connectivity index (χ1n) is 5.59. The smallest absolute Gasteiger partial charge is 0.257 e. The molecule has 0 saturated heterocycles. The van der Waals surface area contributed by atoms with Gasteiger partial charge in [-0.2, -0.15) is 0 Å². The maximum atomic E-state index is 12.2. The number of amides is 1. The summed E-state index contributed by atoms with van der Waals surface area (Å²) in [4.78, 5) is 13.8. The van der Waals surface area contributed by atoms with E-state index >= 15 is 0 Å². The summed E-state index contributed by atoms with van der Waals surface area (Å²) in [5.41, 5.74) is 1.47. The topological polar surface area (TPSA) is 20.3 Å². The van der Waals surface area contributed by atoms with Crippen LogP contribution in [0.1, 0.15) is 12.8 Å². The Morgan fingerprint density at radius 1 is 1.29 bits per heavy atom. The van der Waals surface area contributed by atoms with Gasteiger partial charge in [0, 0.05) is 12.6 Å². The third-order valence-electron chi connectivity index (χ3n) is 2.76. The second kappa shape index (κ2) is 5.19. The van der Waals surface area contributed by atoms with E-state index in [4.69, 9.17) is 11.6 Å². The van der Waals surface area contributed by atoms with Crippen molar-refractivity contribution < 1.29 is 4.79 Å². The van der Waals surface area contributed by atoms with Gasteiger partial charge >= 0.3 is 0 Å². The maximum absolute atomic E-state index is 12.2. The van der Waals surface area contributed by atoms with Crippen LogP contribution in [-0.2, 0) is 4.79 Å². The van der Waals surface area contributed by atoms with Crippen LogP contribution in [-0.4, -0.2) is 13.0 Å². The monoisotopic (exact) mass is 247 g/mol. The third kappa shape index (κ3) is 2.59. The molecule has 0 unspecified atom stereocenters. The molecule has 88 valence electrons. The van der Waals surface area contributed by atoms with Crippen LogP contribution in [0.15, 0.2) is 48.1 Å². The van der Waals surface area contributed by atoms with Crippen LogP contribution in [0.2, 0.25) is 5.02 Å². The lowest BCUT2D eigenvalue weighted by Gasteiger charge is -2.20. The molecule has 0 bridgehead atoms. The van der Waals surface area contributed by atoms with Gasteiger partial charge in [-0.3, -0.25) is 4.79 Å². The van der Waals surface area contributed by atoms with Gasteiger partial charge in [0.25, 0.3) is 5.91 Å². The number of hydrogen-bond acceptors (Lipinski definition) is 1. The summed E-state index contributed by atoms with van der Waals surface area (Å²) in [7, 11) is 1.74. The molecule has 0 fully saturated rings. The van der Waals surface area contributed by atoms with Crippen molar-refractivity contribution in [2.24, 2.45) is 0 Å². The number of carbonyl (C=O) groups excluding carboxylic acids is 1. The highest BCUT2D eigenvalue weighted by Gasteiger charge is 2.16. The molecule has 2 rings (SSSR count). The second-order valence-corrected chi connectivity index (χ2v) is 4.36. The van der Waals surface area contributed by atoms with Crippen molar-refractivity contribution in [1.82, 2.24) is 0 Å². The van der Waals surface area contributed by atoms with Gasteiger partial charge in [0.05, 0.1) is 10.7 Å². The Morgan fingerprint density at radius 3 is 2.71 bits per heavy atom. The average Bonchev–Trinajstić information content (AvgIpc) is 2.39. The van der Waals surface area contributed by atoms with Crippen molar-refractivity contribution in [2.45, 2.75) is 12.8 Å². The Balaban J connectivity index is 2.23. The van der Waals surface area contributed by atoms with Gasteiger partial charge in [0.1, 0.15) is 0 Å². The molecule has 0 N–H and O–H groups in total. The van der Waals surface area contributed by atoms with Crippen molar-refractivity contribution in [3.63, 3.8) is 0 Å². The lowest BCUT2D eigenvalue weighted by atomic mass is 10.1. The van der Waals surface area contributed by atoms with Crippen LogP contribution in [0.4, 0.5) is 5.69 Å². The fourth-order valence-electron chi connectivity index (χ4n) is 1.80. The van der Waals surface area contributed by atoms with E-state index in [-0.39, 0.29) is 5.91 Å². The first kappa shape index (κ1) is 11.9. The molecular weight excluding hydrogens is 234 g/mol. The van der Waals surface area contributed by atoms with Crippen molar-refractivity contribution >= 4 is 23.2 Å². The molecule has 0 saturated carbocycles. The summed E-state index contributed by atoms with van der Waals surface area (Å²) in [5.74, 6) is -0.0194. The predicted molar refractivity (Wildman–Crippen MR) is 71.3 cm³/mol. The molecule has 0 atom stereocenters. The summed E-state index contributed by atoms with van der Waals surface area (Å²) in [6, 6.07) is 7.35. The highest BCUT2D eigenvalue weighted by atomic mass is 35.5. The zero-order valence-corrected chi connectivity index (χ0v) is 10.4. The number of allylic oxidation sites excluding steroid dienone is 2. The molecule has 0 heterocycles. The summed E-state index contributed by atoms with van der Waals surface area (Å²) < 4.78 is 0. The Bertz CT molecular complexity index is 491. The summed E-state index contributed by atoms with van der Waals surface area (Å²) in [6.45, 7) is 0. The van der Waals surface area contributed by atoms with E-state index in [1.54, 1.807) is 18.0 Å². The lowest BCUT2D eigenvalue weighted by molar-refractivity contribution is -0.114. The molecule has 1 aromatic rings. The summed E-state index contributed by atoms with van der Waals surface area (Å²) in [5, 5.41) is 0.587. The number of rotatable bonds is 2. The van der Waals surface area contributed by atoms with E-state index in [2.05, 4.69) is 0 Å². The van der Waals surface area contributed by atoms with Gasteiger partial charge in [0.15, 0.2) is 0 Å². The fraction of sp³-hybridized carbons (Fsp3) is 0.214. The molecule has 0 aromatic heterocycles. The standard InChI is InChI=1S/C14H14ClNO/c1-16(13-10-6-5-9-12(13)15)14(17)11-7-3-2-4-8-11/h3,5-10H,2,4H2,1H3.